The Morgan fingerprint density at radius 3 is 2.90 bits per heavy atom. The van der Waals surface area contributed by atoms with E-state index < -0.39 is 0 Å². The van der Waals surface area contributed by atoms with Crippen molar-refractivity contribution in [2.24, 2.45) is 0 Å². The molecule has 1 aromatic heterocycles. The summed E-state index contributed by atoms with van der Waals surface area (Å²) in [6.45, 7) is 4.04. The highest BCUT2D eigenvalue weighted by Gasteiger charge is 2.33. The molecule has 2 heterocycles. The summed E-state index contributed by atoms with van der Waals surface area (Å²) < 4.78 is 25.1. The summed E-state index contributed by atoms with van der Waals surface area (Å²) in [5.41, 5.74) is 3.17. The highest BCUT2D eigenvalue weighted by Crippen LogP contribution is 2.49. The number of benzene rings is 2. The third-order valence-electron chi connectivity index (χ3n) is 4.88. The lowest BCUT2D eigenvalue weighted by atomic mass is 9.88. The van der Waals surface area contributed by atoms with E-state index in [0.29, 0.717) is 24.5 Å². The predicted molar refractivity (Wildman–Crippen MR) is 113 cm³/mol. The van der Waals surface area contributed by atoms with E-state index >= 15 is 0 Å². The number of fused-ring (bicyclic) bond motifs is 1. The Bertz CT molecular complexity index is 1080. The van der Waals surface area contributed by atoms with Gasteiger partial charge in [0.15, 0.2) is 11.5 Å². The fourth-order valence-electron chi connectivity index (χ4n) is 3.61. The zero-order chi connectivity index (χ0) is 20.4. The van der Waals surface area contributed by atoms with Crippen LogP contribution < -0.4 is 14.8 Å². The van der Waals surface area contributed by atoms with Crippen LogP contribution in [0.5, 0.6) is 11.5 Å². The number of amides is 1. The summed E-state index contributed by atoms with van der Waals surface area (Å²) in [6, 6.07) is 12.1. The van der Waals surface area contributed by atoms with Gasteiger partial charge in [0.1, 0.15) is 12.4 Å². The van der Waals surface area contributed by atoms with Crippen LogP contribution in [-0.2, 0) is 4.79 Å². The van der Waals surface area contributed by atoms with Gasteiger partial charge in [0.25, 0.3) is 0 Å². The summed E-state index contributed by atoms with van der Waals surface area (Å²) >= 11 is 1.55. The van der Waals surface area contributed by atoms with Crippen molar-refractivity contribution in [3.05, 3.63) is 76.8 Å². The maximum Gasteiger partial charge on any atom is 0.225 e. The van der Waals surface area contributed by atoms with E-state index in [0.717, 1.165) is 27.3 Å². The molecule has 0 saturated carbocycles. The SMILES string of the molecule is C=CCOc1c(OC)cccc1[C@@H]1CC(=O)Nc2c(-c3cccc(F)c3)csc21. The van der Waals surface area contributed by atoms with Gasteiger partial charge in [-0.2, -0.15) is 0 Å². The lowest BCUT2D eigenvalue weighted by Crippen LogP contribution is -2.23. The van der Waals surface area contributed by atoms with Gasteiger partial charge in [-0.1, -0.05) is 36.9 Å². The molecule has 2 aromatic carbocycles. The van der Waals surface area contributed by atoms with Gasteiger partial charge in [-0.25, -0.2) is 4.39 Å². The van der Waals surface area contributed by atoms with Crippen molar-refractivity contribution in [3.63, 3.8) is 0 Å². The number of rotatable bonds is 6. The molecule has 148 valence electrons. The van der Waals surface area contributed by atoms with Crippen molar-refractivity contribution in [1.82, 2.24) is 0 Å². The van der Waals surface area contributed by atoms with Gasteiger partial charge in [-0.15, -0.1) is 11.3 Å². The molecule has 0 fully saturated rings. The number of para-hydroxylation sites is 1. The van der Waals surface area contributed by atoms with Gasteiger partial charge in [0.2, 0.25) is 5.91 Å². The van der Waals surface area contributed by atoms with Gasteiger partial charge in [0, 0.05) is 33.7 Å². The van der Waals surface area contributed by atoms with Crippen LogP contribution in [0.3, 0.4) is 0 Å². The molecule has 0 spiro atoms. The van der Waals surface area contributed by atoms with Crippen LogP contribution in [0, 0.1) is 5.82 Å². The summed E-state index contributed by atoms with van der Waals surface area (Å²) in [5, 5.41) is 4.94. The van der Waals surface area contributed by atoms with Crippen LogP contribution >= 0.6 is 11.3 Å². The minimum atomic E-state index is -0.311. The van der Waals surface area contributed by atoms with E-state index in [1.165, 1.54) is 12.1 Å². The van der Waals surface area contributed by atoms with Crippen molar-refractivity contribution in [1.29, 1.82) is 0 Å². The molecule has 1 aliphatic heterocycles. The molecule has 1 atom stereocenters. The topological polar surface area (TPSA) is 47.6 Å². The van der Waals surface area contributed by atoms with E-state index in [1.54, 1.807) is 30.6 Å². The molecule has 6 heteroatoms. The third kappa shape index (κ3) is 3.63. The normalized spacial score (nSPS) is 15.4. The molecule has 0 saturated heterocycles. The van der Waals surface area contributed by atoms with Gasteiger partial charge >= 0.3 is 0 Å². The molecule has 1 N–H and O–H groups in total. The molecule has 0 aliphatic carbocycles. The highest BCUT2D eigenvalue weighted by molar-refractivity contribution is 7.11. The van der Waals surface area contributed by atoms with Crippen molar-refractivity contribution in [2.75, 3.05) is 19.0 Å². The summed E-state index contributed by atoms with van der Waals surface area (Å²) in [6.07, 6.45) is 1.97. The molecule has 0 bridgehead atoms. The second-order valence-corrected chi connectivity index (χ2v) is 7.59. The van der Waals surface area contributed by atoms with Crippen LogP contribution in [0.15, 0.2) is 60.5 Å². The second-order valence-electron chi connectivity index (χ2n) is 6.68. The Kier molecular flexibility index (Phi) is 5.36. The molecule has 29 heavy (non-hydrogen) atoms. The zero-order valence-electron chi connectivity index (χ0n) is 15.9. The molecule has 4 nitrogen and oxygen atoms in total. The van der Waals surface area contributed by atoms with E-state index in [-0.39, 0.29) is 17.6 Å². The maximum atomic E-state index is 13.7. The minimum absolute atomic E-state index is 0.0870. The minimum Gasteiger partial charge on any atom is -0.493 e. The molecular formula is C23H20FNO3S. The highest BCUT2D eigenvalue weighted by atomic mass is 32.1. The Morgan fingerprint density at radius 1 is 1.31 bits per heavy atom. The van der Waals surface area contributed by atoms with E-state index in [1.807, 2.05) is 29.6 Å². The number of halogens is 1. The van der Waals surface area contributed by atoms with Crippen LogP contribution in [0.2, 0.25) is 0 Å². The number of methoxy groups -OCH3 is 1. The number of ether oxygens (including phenoxy) is 2. The molecule has 1 aliphatic rings. The van der Waals surface area contributed by atoms with Crippen LogP contribution in [0.1, 0.15) is 22.8 Å². The van der Waals surface area contributed by atoms with Crippen molar-refractivity contribution in [2.45, 2.75) is 12.3 Å². The Labute approximate surface area is 172 Å². The zero-order valence-corrected chi connectivity index (χ0v) is 16.7. The van der Waals surface area contributed by atoms with E-state index in [4.69, 9.17) is 9.47 Å². The molecular weight excluding hydrogens is 389 g/mol. The Balaban J connectivity index is 1.83. The van der Waals surface area contributed by atoms with Gasteiger partial charge in [0.05, 0.1) is 12.8 Å². The van der Waals surface area contributed by atoms with Crippen LogP contribution in [0.4, 0.5) is 10.1 Å². The number of nitrogens with one attached hydrogen (secondary N) is 1. The van der Waals surface area contributed by atoms with E-state index in [2.05, 4.69) is 11.9 Å². The smallest absolute Gasteiger partial charge is 0.225 e. The first-order chi connectivity index (χ1) is 14.1. The Hall–Kier alpha value is -3.12. The maximum absolute atomic E-state index is 13.7. The van der Waals surface area contributed by atoms with Crippen molar-refractivity contribution in [3.8, 4) is 22.6 Å². The summed E-state index contributed by atoms with van der Waals surface area (Å²) in [4.78, 5) is 13.6. The standard InChI is InChI=1S/C23H20FNO3S/c1-3-10-28-22-16(8-5-9-19(22)27-2)17-12-20(26)25-21-18(13-29-23(17)21)14-6-4-7-15(24)11-14/h3-9,11,13,17H,1,10,12H2,2H3,(H,25,26)/t17-/m0/s1. The first kappa shape index (κ1) is 19.2. The Morgan fingerprint density at radius 2 is 2.14 bits per heavy atom. The largest absolute Gasteiger partial charge is 0.493 e. The van der Waals surface area contributed by atoms with Gasteiger partial charge in [-0.05, 0) is 23.8 Å². The molecule has 3 aromatic rings. The number of carbonyl (C=O) groups excluding carboxylic acids is 1. The molecule has 0 radical (unpaired) electrons. The average molecular weight is 409 g/mol. The second kappa shape index (κ2) is 8.09. The summed E-state index contributed by atoms with van der Waals surface area (Å²) in [5.74, 6) is 0.645. The number of thiophene rings is 1. The third-order valence-corrected chi connectivity index (χ3v) is 5.97. The monoisotopic (exact) mass is 409 g/mol. The lowest BCUT2D eigenvalue weighted by molar-refractivity contribution is -0.116. The molecule has 4 rings (SSSR count). The summed E-state index contributed by atoms with van der Waals surface area (Å²) in [7, 11) is 1.59. The number of carbonyl (C=O) groups is 1. The van der Waals surface area contributed by atoms with Gasteiger partial charge in [-0.3, -0.25) is 4.79 Å². The molecule has 0 unspecified atom stereocenters. The fraction of sp³-hybridized carbons (Fsp3) is 0.174. The number of anilines is 1. The number of hydrogen-bond donors (Lipinski definition) is 1. The lowest BCUT2D eigenvalue weighted by Gasteiger charge is -2.26. The van der Waals surface area contributed by atoms with Crippen molar-refractivity contribution < 1.29 is 18.7 Å². The quantitative estimate of drug-likeness (QED) is 0.539. The number of hydrogen-bond acceptors (Lipinski definition) is 4. The van der Waals surface area contributed by atoms with E-state index in [9.17, 15) is 9.18 Å². The fourth-order valence-corrected chi connectivity index (χ4v) is 4.76. The van der Waals surface area contributed by atoms with Crippen LogP contribution in [-0.4, -0.2) is 19.6 Å². The van der Waals surface area contributed by atoms with Crippen LogP contribution in [0.25, 0.3) is 11.1 Å². The average Bonchev–Trinajstić information content (AvgIpc) is 3.15. The first-order valence-electron chi connectivity index (χ1n) is 9.20. The first-order valence-corrected chi connectivity index (χ1v) is 10.1. The molecule has 1 amide bonds. The van der Waals surface area contributed by atoms with Crippen molar-refractivity contribution >= 4 is 22.9 Å². The van der Waals surface area contributed by atoms with Gasteiger partial charge < -0.3 is 14.8 Å². The predicted octanol–water partition coefficient (Wildman–Crippen LogP) is 5.60.